The second-order valence-electron chi connectivity index (χ2n) is 8.47. The highest BCUT2D eigenvalue weighted by molar-refractivity contribution is 5.71. The van der Waals surface area contributed by atoms with Gasteiger partial charge in [-0.25, -0.2) is 0 Å². The average molecular weight is 335 g/mol. The number of aromatic hydroxyl groups is 2. The van der Waals surface area contributed by atoms with Gasteiger partial charge in [-0.1, -0.05) is 27.7 Å². The van der Waals surface area contributed by atoms with Gasteiger partial charge in [-0.2, -0.15) is 0 Å². The summed E-state index contributed by atoms with van der Waals surface area (Å²) >= 11 is 0. The molecule has 3 N–H and O–H groups in total. The van der Waals surface area contributed by atoms with E-state index in [2.05, 4.69) is 33.0 Å². The SMILES string of the molecule is CCOC(C)Oc1c(O)cc2c(c1O)C1(C)CNC21CC(C)(C)C. The maximum Gasteiger partial charge on any atom is 0.206 e. The average Bonchev–Trinajstić information content (AvgIpc) is 2.46. The lowest BCUT2D eigenvalue weighted by atomic mass is 9.43. The Labute approximate surface area is 144 Å². The standard InChI is InChI=1S/C19H29NO4/c1-7-23-11(2)24-16-13(21)8-12-14(15(16)22)18(6)10-20-19(12,18)9-17(3,4)5/h8,11,20-22H,7,9-10H2,1-6H3. The molecule has 1 saturated heterocycles. The predicted molar refractivity (Wildman–Crippen MR) is 92.6 cm³/mol. The van der Waals surface area contributed by atoms with E-state index >= 15 is 0 Å². The molecule has 1 aliphatic heterocycles. The van der Waals surface area contributed by atoms with Gasteiger partial charge in [-0.05, 0) is 37.3 Å². The molecule has 1 aliphatic carbocycles. The second kappa shape index (κ2) is 5.27. The van der Waals surface area contributed by atoms with Crippen molar-refractivity contribution in [3.63, 3.8) is 0 Å². The Hall–Kier alpha value is -1.46. The van der Waals surface area contributed by atoms with Crippen molar-refractivity contribution in [3.8, 4) is 17.2 Å². The summed E-state index contributed by atoms with van der Waals surface area (Å²) in [7, 11) is 0. The number of rotatable bonds is 5. The molecule has 1 aromatic rings. The molecule has 0 saturated carbocycles. The highest BCUT2D eigenvalue weighted by atomic mass is 16.7. The van der Waals surface area contributed by atoms with Gasteiger partial charge in [-0.3, -0.25) is 0 Å². The Morgan fingerprint density at radius 3 is 2.50 bits per heavy atom. The van der Waals surface area contributed by atoms with Crippen LogP contribution in [-0.4, -0.2) is 29.7 Å². The first-order chi connectivity index (χ1) is 11.1. The first kappa shape index (κ1) is 17.4. The summed E-state index contributed by atoms with van der Waals surface area (Å²) < 4.78 is 11.0. The van der Waals surface area contributed by atoms with Gasteiger partial charge < -0.3 is 25.0 Å². The predicted octanol–water partition coefficient (Wildman–Crippen LogP) is 3.37. The molecule has 5 heteroatoms. The Balaban J connectivity index is 2.01. The summed E-state index contributed by atoms with van der Waals surface area (Å²) in [4.78, 5) is 0. The van der Waals surface area contributed by atoms with Gasteiger partial charge in [0, 0.05) is 24.1 Å². The normalized spacial score (nSPS) is 29.1. The Morgan fingerprint density at radius 1 is 1.33 bits per heavy atom. The Kier molecular flexibility index (Phi) is 3.81. The molecule has 0 bridgehead atoms. The highest BCUT2D eigenvalue weighted by Crippen LogP contribution is 2.68. The van der Waals surface area contributed by atoms with Crippen molar-refractivity contribution >= 4 is 0 Å². The van der Waals surface area contributed by atoms with Crippen LogP contribution in [0.25, 0.3) is 0 Å². The monoisotopic (exact) mass is 335 g/mol. The summed E-state index contributed by atoms with van der Waals surface area (Å²) in [5.74, 6) is 0.124. The lowest BCUT2D eigenvalue weighted by Gasteiger charge is -2.69. The van der Waals surface area contributed by atoms with E-state index < -0.39 is 6.29 Å². The topological polar surface area (TPSA) is 71.0 Å². The molecule has 1 heterocycles. The number of hydrogen-bond donors (Lipinski definition) is 3. The molecule has 0 radical (unpaired) electrons. The third kappa shape index (κ3) is 2.21. The molecule has 5 nitrogen and oxygen atoms in total. The van der Waals surface area contributed by atoms with Crippen molar-refractivity contribution in [1.29, 1.82) is 0 Å². The molecule has 1 aromatic carbocycles. The largest absolute Gasteiger partial charge is 0.504 e. The van der Waals surface area contributed by atoms with E-state index in [1.54, 1.807) is 13.0 Å². The van der Waals surface area contributed by atoms with Gasteiger partial charge in [0.1, 0.15) is 0 Å². The minimum absolute atomic E-state index is 0.0400. The number of phenolic OH excluding ortho intramolecular Hbond substituents is 2. The van der Waals surface area contributed by atoms with Gasteiger partial charge in [0.05, 0.1) is 5.54 Å². The van der Waals surface area contributed by atoms with Gasteiger partial charge in [-0.15, -0.1) is 0 Å². The number of phenols is 2. The molecule has 3 rings (SSSR count). The summed E-state index contributed by atoms with van der Waals surface area (Å²) in [6.45, 7) is 13.7. The van der Waals surface area contributed by atoms with E-state index in [1.807, 2.05) is 6.92 Å². The van der Waals surface area contributed by atoms with Crippen LogP contribution in [0.15, 0.2) is 6.07 Å². The zero-order valence-electron chi connectivity index (χ0n) is 15.5. The van der Waals surface area contributed by atoms with Crippen LogP contribution in [0.3, 0.4) is 0 Å². The van der Waals surface area contributed by atoms with Gasteiger partial charge in [0.25, 0.3) is 0 Å². The number of nitrogens with one attached hydrogen (secondary N) is 1. The summed E-state index contributed by atoms with van der Waals surface area (Å²) in [5.41, 5.74) is 1.69. The molecular weight excluding hydrogens is 306 g/mol. The van der Waals surface area contributed by atoms with E-state index in [9.17, 15) is 10.2 Å². The number of hydrogen-bond acceptors (Lipinski definition) is 5. The van der Waals surface area contributed by atoms with Gasteiger partial charge in [0.2, 0.25) is 5.75 Å². The number of ether oxygens (including phenoxy) is 2. The van der Waals surface area contributed by atoms with E-state index in [4.69, 9.17) is 9.47 Å². The maximum atomic E-state index is 10.8. The van der Waals surface area contributed by atoms with Crippen molar-refractivity contribution in [2.45, 2.75) is 65.2 Å². The number of benzene rings is 1. The third-order valence-corrected chi connectivity index (χ3v) is 5.41. The van der Waals surface area contributed by atoms with Crippen LogP contribution in [0.2, 0.25) is 0 Å². The van der Waals surface area contributed by atoms with Gasteiger partial charge >= 0.3 is 0 Å². The van der Waals surface area contributed by atoms with Crippen molar-refractivity contribution in [3.05, 3.63) is 17.2 Å². The van der Waals surface area contributed by atoms with Crippen molar-refractivity contribution in [2.75, 3.05) is 13.2 Å². The fraction of sp³-hybridized carbons (Fsp3) is 0.684. The fourth-order valence-corrected chi connectivity index (χ4v) is 4.43. The second-order valence-corrected chi connectivity index (χ2v) is 8.47. The van der Waals surface area contributed by atoms with Crippen LogP contribution < -0.4 is 10.1 Å². The molecule has 3 unspecified atom stereocenters. The van der Waals surface area contributed by atoms with Crippen LogP contribution in [-0.2, 0) is 15.7 Å². The minimum Gasteiger partial charge on any atom is -0.504 e. The smallest absolute Gasteiger partial charge is 0.206 e. The zero-order chi connectivity index (χ0) is 17.9. The summed E-state index contributed by atoms with van der Waals surface area (Å²) in [5, 5.41) is 24.7. The first-order valence-electron chi connectivity index (χ1n) is 8.69. The molecular formula is C19H29NO4. The van der Waals surface area contributed by atoms with Gasteiger partial charge in [0.15, 0.2) is 17.8 Å². The van der Waals surface area contributed by atoms with E-state index in [1.165, 1.54) is 0 Å². The van der Waals surface area contributed by atoms with Crippen molar-refractivity contribution in [2.24, 2.45) is 5.41 Å². The van der Waals surface area contributed by atoms with Crippen molar-refractivity contribution < 1.29 is 19.7 Å². The third-order valence-electron chi connectivity index (χ3n) is 5.41. The zero-order valence-corrected chi connectivity index (χ0v) is 15.5. The maximum absolute atomic E-state index is 10.8. The van der Waals surface area contributed by atoms with Crippen LogP contribution in [0.1, 0.15) is 59.1 Å². The first-order valence-corrected chi connectivity index (χ1v) is 8.69. The molecule has 2 aliphatic rings. The minimum atomic E-state index is -0.531. The number of fused-ring (bicyclic) bond motifs is 4. The fourth-order valence-electron chi connectivity index (χ4n) is 4.43. The van der Waals surface area contributed by atoms with E-state index in [0.29, 0.717) is 6.61 Å². The molecule has 1 fully saturated rings. The van der Waals surface area contributed by atoms with E-state index in [-0.39, 0.29) is 33.6 Å². The quantitative estimate of drug-likeness (QED) is 0.720. The summed E-state index contributed by atoms with van der Waals surface area (Å²) in [6.07, 6.45) is 0.411. The van der Waals surface area contributed by atoms with Crippen molar-refractivity contribution in [1.82, 2.24) is 5.32 Å². The molecule has 0 amide bonds. The molecule has 24 heavy (non-hydrogen) atoms. The van der Waals surface area contributed by atoms with Crippen LogP contribution in [0, 0.1) is 5.41 Å². The highest BCUT2D eigenvalue weighted by Gasteiger charge is 2.69. The summed E-state index contributed by atoms with van der Waals surface area (Å²) in [6, 6.07) is 1.74. The Bertz CT molecular complexity index is 666. The molecule has 134 valence electrons. The Morgan fingerprint density at radius 2 is 2.00 bits per heavy atom. The molecule has 0 aromatic heterocycles. The van der Waals surface area contributed by atoms with Crippen LogP contribution in [0.4, 0.5) is 0 Å². The lowest BCUT2D eigenvalue weighted by Crippen LogP contribution is -2.78. The van der Waals surface area contributed by atoms with Crippen LogP contribution in [0.5, 0.6) is 17.2 Å². The van der Waals surface area contributed by atoms with Crippen LogP contribution >= 0.6 is 0 Å². The molecule has 0 spiro atoms. The molecule has 3 atom stereocenters. The lowest BCUT2D eigenvalue weighted by molar-refractivity contribution is -0.0647. The van der Waals surface area contributed by atoms with E-state index in [0.717, 1.165) is 24.1 Å².